The van der Waals surface area contributed by atoms with Crippen molar-refractivity contribution in [2.75, 3.05) is 0 Å². The average molecular weight is 272 g/mol. The van der Waals surface area contributed by atoms with Crippen LogP contribution in [0.4, 0.5) is 0 Å². The number of allylic oxidation sites excluding steroid dienone is 2. The summed E-state index contributed by atoms with van der Waals surface area (Å²) in [7, 11) is 0. The van der Waals surface area contributed by atoms with E-state index < -0.39 is 0 Å². The zero-order chi connectivity index (χ0) is 14.0. The van der Waals surface area contributed by atoms with E-state index in [9.17, 15) is 4.79 Å². The predicted octanol–water partition coefficient (Wildman–Crippen LogP) is 4.76. The van der Waals surface area contributed by atoms with Crippen molar-refractivity contribution in [2.45, 2.75) is 65.2 Å². The highest BCUT2D eigenvalue weighted by molar-refractivity contribution is 5.97. The molecule has 0 aromatic rings. The fourth-order valence-electron chi connectivity index (χ4n) is 6.57. The normalized spacial score (nSPS) is 54.2. The highest BCUT2D eigenvalue weighted by Crippen LogP contribution is 2.64. The summed E-state index contributed by atoms with van der Waals surface area (Å²) < 4.78 is 0. The average Bonchev–Trinajstić information content (AvgIpc) is 2.74. The number of hydrogen-bond donors (Lipinski definition) is 0. The van der Waals surface area contributed by atoms with Gasteiger partial charge in [-0.05, 0) is 73.7 Å². The van der Waals surface area contributed by atoms with E-state index in [1.54, 1.807) is 0 Å². The maximum Gasteiger partial charge on any atom is 0.161 e. The van der Waals surface area contributed by atoms with Crippen molar-refractivity contribution in [1.82, 2.24) is 0 Å². The Morgan fingerprint density at radius 2 is 1.90 bits per heavy atom. The van der Waals surface area contributed by atoms with E-state index in [2.05, 4.69) is 19.9 Å². The molecule has 6 atom stereocenters. The zero-order valence-corrected chi connectivity index (χ0v) is 13.0. The molecule has 0 radical (unpaired) electrons. The van der Waals surface area contributed by atoms with Gasteiger partial charge in [0, 0.05) is 5.41 Å². The summed E-state index contributed by atoms with van der Waals surface area (Å²) >= 11 is 0. The molecule has 0 aliphatic heterocycles. The Labute approximate surface area is 123 Å². The number of hydrogen-bond acceptors (Lipinski definition) is 1. The molecule has 1 heteroatoms. The van der Waals surface area contributed by atoms with Gasteiger partial charge in [-0.3, -0.25) is 4.79 Å². The lowest BCUT2D eigenvalue weighted by Gasteiger charge is -2.59. The van der Waals surface area contributed by atoms with Crippen LogP contribution in [0.5, 0.6) is 0 Å². The minimum atomic E-state index is -0.0426. The van der Waals surface area contributed by atoms with Crippen LogP contribution in [0.2, 0.25) is 0 Å². The molecule has 0 N–H and O–H groups in total. The van der Waals surface area contributed by atoms with Gasteiger partial charge in [0.05, 0.1) is 0 Å². The quantitative estimate of drug-likeness (QED) is 0.621. The number of carbonyl (C=O) groups is 1. The summed E-state index contributed by atoms with van der Waals surface area (Å²) in [6.45, 7) is 4.84. The molecule has 0 heterocycles. The van der Waals surface area contributed by atoms with E-state index in [1.807, 2.05) is 6.08 Å². The second-order valence-corrected chi connectivity index (χ2v) is 8.50. The van der Waals surface area contributed by atoms with Gasteiger partial charge < -0.3 is 0 Å². The first-order chi connectivity index (χ1) is 9.56. The Kier molecular flexibility index (Phi) is 2.76. The zero-order valence-electron chi connectivity index (χ0n) is 13.0. The second-order valence-electron chi connectivity index (χ2n) is 8.50. The largest absolute Gasteiger partial charge is 0.294 e. The fourth-order valence-corrected chi connectivity index (χ4v) is 6.57. The third kappa shape index (κ3) is 1.53. The number of fused-ring (bicyclic) bond motifs is 5. The Balaban J connectivity index is 1.68. The third-order valence-corrected chi connectivity index (χ3v) is 7.85. The van der Waals surface area contributed by atoms with Crippen LogP contribution in [0.15, 0.2) is 12.2 Å². The topological polar surface area (TPSA) is 17.1 Å². The van der Waals surface area contributed by atoms with E-state index in [1.165, 1.54) is 44.9 Å². The molecule has 0 aromatic heterocycles. The van der Waals surface area contributed by atoms with Crippen LogP contribution in [0, 0.1) is 34.5 Å². The van der Waals surface area contributed by atoms with Gasteiger partial charge in [-0.2, -0.15) is 0 Å². The molecule has 20 heavy (non-hydrogen) atoms. The Morgan fingerprint density at radius 1 is 1.05 bits per heavy atom. The van der Waals surface area contributed by atoms with E-state index in [4.69, 9.17) is 0 Å². The number of ketones is 1. The molecule has 0 saturated heterocycles. The number of carbonyl (C=O) groups excluding carboxylic acids is 1. The third-order valence-electron chi connectivity index (χ3n) is 7.85. The van der Waals surface area contributed by atoms with Crippen molar-refractivity contribution in [3.05, 3.63) is 12.2 Å². The molecular formula is C19H28O. The van der Waals surface area contributed by atoms with Gasteiger partial charge in [0.1, 0.15) is 0 Å². The van der Waals surface area contributed by atoms with Gasteiger partial charge in [-0.25, -0.2) is 0 Å². The minimum absolute atomic E-state index is 0.0426. The van der Waals surface area contributed by atoms with Gasteiger partial charge >= 0.3 is 0 Å². The molecule has 0 aromatic carbocycles. The minimum Gasteiger partial charge on any atom is -0.294 e. The van der Waals surface area contributed by atoms with Crippen LogP contribution in [0.1, 0.15) is 65.2 Å². The molecule has 0 unspecified atom stereocenters. The summed E-state index contributed by atoms with van der Waals surface area (Å²) in [6, 6.07) is 0. The van der Waals surface area contributed by atoms with Crippen LogP contribution in [-0.4, -0.2) is 5.78 Å². The maximum absolute atomic E-state index is 12.3. The number of rotatable bonds is 0. The molecule has 0 spiro atoms. The molecule has 4 aliphatic carbocycles. The van der Waals surface area contributed by atoms with E-state index in [0.29, 0.717) is 17.1 Å². The highest BCUT2D eigenvalue weighted by Gasteiger charge is 2.58. The summed E-state index contributed by atoms with van der Waals surface area (Å²) in [5.41, 5.74) is 0.543. The summed E-state index contributed by atoms with van der Waals surface area (Å²) in [5, 5.41) is 0. The second kappa shape index (κ2) is 4.21. The first-order valence-corrected chi connectivity index (χ1v) is 8.78. The highest BCUT2D eigenvalue weighted by atomic mass is 16.1. The van der Waals surface area contributed by atoms with Crippen LogP contribution in [-0.2, 0) is 4.79 Å². The molecule has 3 saturated carbocycles. The van der Waals surface area contributed by atoms with Crippen molar-refractivity contribution in [2.24, 2.45) is 34.5 Å². The summed E-state index contributed by atoms with van der Waals surface area (Å²) in [6.07, 6.45) is 15.2. The Morgan fingerprint density at radius 3 is 2.75 bits per heavy atom. The monoisotopic (exact) mass is 272 g/mol. The van der Waals surface area contributed by atoms with Crippen molar-refractivity contribution in [1.29, 1.82) is 0 Å². The van der Waals surface area contributed by atoms with Crippen LogP contribution < -0.4 is 0 Å². The molecule has 3 fully saturated rings. The van der Waals surface area contributed by atoms with Crippen LogP contribution in [0.25, 0.3) is 0 Å². The molecule has 0 amide bonds. The van der Waals surface area contributed by atoms with Crippen molar-refractivity contribution in [3.63, 3.8) is 0 Å². The predicted molar refractivity (Wildman–Crippen MR) is 81.3 cm³/mol. The van der Waals surface area contributed by atoms with Crippen LogP contribution >= 0.6 is 0 Å². The van der Waals surface area contributed by atoms with Gasteiger partial charge in [0.2, 0.25) is 0 Å². The molecule has 4 rings (SSSR count). The molecule has 4 aliphatic rings. The van der Waals surface area contributed by atoms with Gasteiger partial charge in [0.25, 0.3) is 0 Å². The summed E-state index contributed by atoms with van der Waals surface area (Å²) in [4.78, 5) is 12.3. The van der Waals surface area contributed by atoms with Crippen LogP contribution in [0.3, 0.4) is 0 Å². The van der Waals surface area contributed by atoms with E-state index >= 15 is 0 Å². The summed E-state index contributed by atoms with van der Waals surface area (Å²) in [5.74, 6) is 3.61. The first-order valence-electron chi connectivity index (χ1n) is 8.78. The lowest BCUT2D eigenvalue weighted by atomic mass is 9.45. The maximum atomic E-state index is 12.3. The molecular weight excluding hydrogens is 244 g/mol. The smallest absolute Gasteiger partial charge is 0.161 e. The standard InChI is InChI=1S/C19H28O/c1-18-11-4-3-5-13(18)6-7-14-15-8-9-17(20)19(15,2)12-10-16(14)18/h8-9,13-16H,3-7,10-12H2,1-2H3/t13-,14-,15+,16-,18+,19+/m1/s1. The SMILES string of the molecule is C[C@]12CCCC[C@@H]1CC[C@H]1[C@H]2CC[C@]2(C)C(=O)C=C[C@@H]12. The van der Waals surface area contributed by atoms with E-state index in [-0.39, 0.29) is 5.41 Å². The lowest BCUT2D eigenvalue weighted by Crippen LogP contribution is -2.52. The van der Waals surface area contributed by atoms with Crippen molar-refractivity contribution < 1.29 is 4.79 Å². The Bertz CT molecular complexity index is 464. The molecule has 110 valence electrons. The van der Waals surface area contributed by atoms with Crippen molar-refractivity contribution in [3.8, 4) is 0 Å². The van der Waals surface area contributed by atoms with Gasteiger partial charge in [-0.1, -0.05) is 32.8 Å². The Hall–Kier alpha value is -0.590. The first kappa shape index (κ1) is 13.1. The molecule has 1 nitrogen and oxygen atoms in total. The lowest BCUT2D eigenvalue weighted by molar-refractivity contribution is -0.136. The molecule has 0 bridgehead atoms. The van der Waals surface area contributed by atoms with Crippen molar-refractivity contribution >= 4 is 5.78 Å². The van der Waals surface area contributed by atoms with Gasteiger partial charge in [0.15, 0.2) is 5.78 Å². The fraction of sp³-hybridized carbons (Fsp3) is 0.842. The van der Waals surface area contributed by atoms with E-state index in [0.717, 1.165) is 24.2 Å². The van der Waals surface area contributed by atoms with Gasteiger partial charge in [-0.15, -0.1) is 0 Å².